The molecule has 11 heteroatoms. The molecular weight excluding hydrogens is 505 g/mol. The number of allylic oxidation sites excluding steroid dienone is 1. The number of hydrogen-bond acceptors (Lipinski definition) is 7. The Hall–Kier alpha value is -2.75. The van der Waals surface area contributed by atoms with Crippen LogP contribution >= 0.6 is 7.36 Å². The molecule has 204 valence electrons. The largest absolute Gasteiger partial charge is 0.494 e. The first-order valence-corrected chi connectivity index (χ1v) is 14.7. The van der Waals surface area contributed by atoms with Crippen LogP contribution in [0.2, 0.25) is 0 Å². The van der Waals surface area contributed by atoms with Crippen LogP contribution in [0.4, 0.5) is 17.1 Å². The fourth-order valence-corrected chi connectivity index (χ4v) is 9.41. The van der Waals surface area contributed by atoms with Gasteiger partial charge in [0.15, 0.2) is 0 Å². The Labute approximate surface area is 224 Å². The maximum Gasteiger partial charge on any atom is 0.271 e. The predicted octanol–water partition coefficient (Wildman–Crippen LogP) is 5.20. The van der Waals surface area contributed by atoms with Gasteiger partial charge in [0.05, 0.1) is 38.5 Å². The molecule has 0 amide bonds. The van der Waals surface area contributed by atoms with E-state index >= 15 is 0 Å². The second-order valence-electron chi connectivity index (χ2n) is 10.2. The van der Waals surface area contributed by atoms with Crippen molar-refractivity contribution < 1.29 is 19.1 Å². The molecule has 0 bridgehead atoms. The van der Waals surface area contributed by atoms with E-state index in [0.29, 0.717) is 64.0 Å². The Morgan fingerprint density at radius 2 is 1.63 bits per heavy atom. The predicted molar refractivity (Wildman–Crippen MR) is 149 cm³/mol. The smallest absolute Gasteiger partial charge is 0.271 e. The van der Waals surface area contributed by atoms with Crippen molar-refractivity contribution in [1.29, 1.82) is 0 Å². The van der Waals surface area contributed by atoms with E-state index in [-0.39, 0.29) is 16.0 Å². The molecule has 2 aromatic carbocycles. The van der Waals surface area contributed by atoms with Crippen molar-refractivity contribution in [2.75, 3.05) is 71.7 Å². The molecule has 2 fully saturated rings. The highest BCUT2D eigenvalue weighted by Gasteiger charge is 2.43. The molecule has 0 unspecified atom stereocenters. The molecular formula is C27H36N5O5P. The number of non-ortho nitro benzene ring substituents is 1. The molecule has 38 heavy (non-hydrogen) atoms. The van der Waals surface area contributed by atoms with E-state index < -0.39 is 7.36 Å². The number of nitro groups is 1. The molecule has 0 radical (unpaired) electrons. The average molecular weight is 542 g/mol. The summed E-state index contributed by atoms with van der Waals surface area (Å²) < 4.78 is 27.5. The second kappa shape index (κ2) is 10.8. The molecule has 0 spiro atoms. The first-order valence-electron chi connectivity index (χ1n) is 13.0. The maximum absolute atomic E-state index is 11.7. The van der Waals surface area contributed by atoms with E-state index in [1.807, 2.05) is 0 Å². The molecule has 10 nitrogen and oxygen atoms in total. The van der Waals surface area contributed by atoms with E-state index in [0.717, 1.165) is 5.70 Å². The lowest BCUT2D eigenvalue weighted by Gasteiger charge is -2.46. The van der Waals surface area contributed by atoms with Gasteiger partial charge in [-0.1, -0.05) is 32.0 Å². The van der Waals surface area contributed by atoms with Crippen LogP contribution in [0, 0.1) is 10.1 Å². The second-order valence-corrected chi connectivity index (χ2v) is 13.0. The number of nitro benzene ring substituents is 1. The van der Waals surface area contributed by atoms with Gasteiger partial charge in [-0.05, 0) is 17.7 Å². The van der Waals surface area contributed by atoms with Crippen molar-refractivity contribution in [3.05, 3.63) is 69.7 Å². The number of benzene rings is 2. The van der Waals surface area contributed by atoms with Crippen LogP contribution in [-0.2, 0) is 14.9 Å². The van der Waals surface area contributed by atoms with E-state index in [1.165, 1.54) is 23.4 Å². The lowest BCUT2D eigenvalue weighted by Crippen LogP contribution is -2.43. The summed E-state index contributed by atoms with van der Waals surface area (Å²) >= 11 is 0. The fourth-order valence-electron chi connectivity index (χ4n) is 5.62. The van der Waals surface area contributed by atoms with Crippen LogP contribution < -0.4 is 9.64 Å². The summed E-state index contributed by atoms with van der Waals surface area (Å²) in [4.78, 5) is 13.6. The highest BCUT2D eigenvalue weighted by Crippen LogP contribution is 2.64. The Morgan fingerprint density at radius 3 is 2.18 bits per heavy atom. The Morgan fingerprint density at radius 1 is 1.03 bits per heavy atom. The summed E-state index contributed by atoms with van der Waals surface area (Å²) in [5.41, 5.74) is 3.84. The number of methoxy groups -OCH3 is 1. The van der Waals surface area contributed by atoms with E-state index in [9.17, 15) is 10.1 Å². The summed E-state index contributed by atoms with van der Waals surface area (Å²) in [5, 5.41) is 11.7. The molecule has 0 saturated carbocycles. The zero-order valence-corrected chi connectivity index (χ0v) is 23.4. The average Bonchev–Trinajstić information content (AvgIpc) is 3.13. The Bertz CT molecular complexity index is 1260. The number of ether oxygens (including phenoxy) is 3. The number of likely N-dealkylation sites (N-methyl/N-ethyl adjacent to an activating group) is 1. The van der Waals surface area contributed by atoms with Gasteiger partial charge >= 0.3 is 0 Å². The number of morpholine rings is 2. The zero-order valence-electron chi connectivity index (χ0n) is 22.5. The third-order valence-electron chi connectivity index (χ3n) is 7.67. The van der Waals surface area contributed by atoms with E-state index in [1.54, 1.807) is 13.2 Å². The highest BCUT2D eigenvalue weighted by atomic mass is 31.2. The van der Waals surface area contributed by atoms with Crippen molar-refractivity contribution in [1.82, 2.24) is 9.34 Å². The van der Waals surface area contributed by atoms with Crippen molar-refractivity contribution in [3.8, 4) is 5.75 Å². The SMILES string of the molecule is COc1ccc([N+](=O)[O-])cc1N=P(C=C1N(C)c2ccccc2C1(C)C)(N1CCOCC1)N1CCOCC1. The fraction of sp³-hybridized carbons (Fsp3) is 0.481. The topological polar surface area (TPSA) is 92.9 Å². The standard InChI is InChI=1S/C27H36N5O5P/c1-27(2)22-7-5-6-8-24(22)29(3)26(27)20-38(30-11-15-36-16-12-30,31-13-17-37-18-14-31)28-23-19-21(32(33)34)9-10-25(23)35-4/h5-10,19-20H,11-18H2,1-4H3. The zero-order chi connectivity index (χ0) is 26.9. The Kier molecular flexibility index (Phi) is 7.62. The number of anilines is 1. The van der Waals surface area contributed by atoms with E-state index in [4.69, 9.17) is 19.0 Å². The summed E-state index contributed by atoms with van der Waals surface area (Å²) in [7, 11) is 1.06. The van der Waals surface area contributed by atoms with Gasteiger partial charge in [-0.2, -0.15) is 0 Å². The van der Waals surface area contributed by atoms with Gasteiger partial charge in [-0.3, -0.25) is 10.1 Å². The third kappa shape index (κ3) is 4.76. The summed E-state index contributed by atoms with van der Waals surface area (Å²) in [6.45, 7) is 9.79. The number of hydrogen-bond donors (Lipinski definition) is 0. The van der Waals surface area contributed by atoms with Crippen LogP contribution in [0.15, 0.2) is 58.7 Å². The molecule has 3 aliphatic heterocycles. The molecule has 0 N–H and O–H groups in total. The summed E-state index contributed by atoms with van der Waals surface area (Å²) in [6, 6.07) is 13.1. The molecule has 2 saturated heterocycles. The van der Waals surface area contributed by atoms with Gasteiger partial charge in [-0.25, -0.2) is 14.1 Å². The molecule has 0 aromatic heterocycles. The van der Waals surface area contributed by atoms with Crippen LogP contribution in [0.5, 0.6) is 5.75 Å². The number of para-hydroxylation sites is 1. The van der Waals surface area contributed by atoms with Gasteiger partial charge in [0.1, 0.15) is 18.8 Å². The van der Waals surface area contributed by atoms with Crippen LogP contribution in [0.3, 0.4) is 0 Å². The van der Waals surface area contributed by atoms with Crippen LogP contribution in [-0.4, -0.2) is 81.0 Å². The van der Waals surface area contributed by atoms with Crippen molar-refractivity contribution in [2.24, 2.45) is 4.74 Å². The highest BCUT2D eigenvalue weighted by molar-refractivity contribution is 7.65. The van der Waals surface area contributed by atoms with E-state index in [2.05, 4.69) is 65.2 Å². The van der Waals surface area contributed by atoms with Crippen molar-refractivity contribution >= 4 is 24.4 Å². The van der Waals surface area contributed by atoms with Crippen LogP contribution in [0.25, 0.3) is 0 Å². The van der Waals surface area contributed by atoms with Crippen molar-refractivity contribution in [3.63, 3.8) is 0 Å². The number of fused-ring (bicyclic) bond motifs is 1. The molecule has 0 atom stereocenters. The first-order chi connectivity index (χ1) is 18.3. The van der Waals surface area contributed by atoms with Gasteiger partial charge in [0.2, 0.25) is 0 Å². The number of rotatable bonds is 6. The molecule has 3 aliphatic rings. The van der Waals surface area contributed by atoms with Gasteiger partial charge < -0.3 is 19.1 Å². The van der Waals surface area contributed by atoms with Crippen LogP contribution in [0.1, 0.15) is 19.4 Å². The lowest BCUT2D eigenvalue weighted by atomic mass is 9.84. The molecule has 5 rings (SSSR count). The minimum Gasteiger partial charge on any atom is -0.494 e. The minimum absolute atomic E-state index is 0.00928. The van der Waals surface area contributed by atoms with Gasteiger partial charge in [0, 0.05) is 68.0 Å². The Balaban J connectivity index is 1.80. The monoisotopic (exact) mass is 541 g/mol. The maximum atomic E-state index is 11.7. The molecule has 0 aliphatic carbocycles. The minimum atomic E-state index is -2.63. The first kappa shape index (κ1) is 26.8. The van der Waals surface area contributed by atoms with Gasteiger partial charge in [0.25, 0.3) is 5.69 Å². The summed E-state index contributed by atoms with van der Waals surface area (Å²) in [5.74, 6) is 2.88. The summed E-state index contributed by atoms with van der Waals surface area (Å²) in [6.07, 6.45) is 0. The molecule has 2 aromatic rings. The third-order valence-corrected chi connectivity index (χ3v) is 11.2. The quantitative estimate of drug-likeness (QED) is 0.280. The molecule has 3 heterocycles. The normalized spacial score (nSPS) is 21.4. The van der Waals surface area contributed by atoms with Gasteiger partial charge in [-0.15, -0.1) is 0 Å². The van der Waals surface area contributed by atoms with Crippen molar-refractivity contribution in [2.45, 2.75) is 19.3 Å². The number of nitrogens with zero attached hydrogens (tertiary/aromatic N) is 5. The lowest BCUT2D eigenvalue weighted by molar-refractivity contribution is -0.384.